The first-order valence-electron chi connectivity index (χ1n) is 6.71. The van der Waals surface area contributed by atoms with E-state index in [2.05, 4.69) is 56.0 Å². The number of hydrogen-bond donors (Lipinski definition) is 1. The van der Waals surface area contributed by atoms with E-state index in [1.807, 2.05) is 13.1 Å². The van der Waals surface area contributed by atoms with Gasteiger partial charge in [-0.05, 0) is 24.9 Å². The number of anilines is 1. The summed E-state index contributed by atoms with van der Waals surface area (Å²) in [5.74, 6) is 0. The fraction of sp³-hybridized carbons (Fsp3) is 0.667. The van der Waals surface area contributed by atoms with Crippen LogP contribution < -0.4 is 10.2 Å². The van der Waals surface area contributed by atoms with Crippen LogP contribution in [0.4, 0.5) is 5.69 Å². The fourth-order valence-corrected chi connectivity index (χ4v) is 2.12. The maximum atomic E-state index is 4.40. The minimum atomic E-state index is 0.293. The van der Waals surface area contributed by atoms with Gasteiger partial charge in [-0.3, -0.25) is 4.98 Å². The first kappa shape index (κ1) is 15.0. The summed E-state index contributed by atoms with van der Waals surface area (Å²) < 4.78 is 0. The van der Waals surface area contributed by atoms with E-state index in [0.717, 1.165) is 25.3 Å². The maximum Gasteiger partial charge on any atom is 0.0443 e. The first-order valence-corrected chi connectivity index (χ1v) is 6.71. The summed E-state index contributed by atoms with van der Waals surface area (Å²) in [6, 6.07) is 2.18. The topological polar surface area (TPSA) is 28.2 Å². The van der Waals surface area contributed by atoms with Gasteiger partial charge in [-0.1, -0.05) is 27.7 Å². The normalized spacial score (nSPS) is 11.7. The molecule has 3 nitrogen and oxygen atoms in total. The third-order valence-electron chi connectivity index (χ3n) is 2.79. The number of aryl methyl sites for hydroxylation is 1. The van der Waals surface area contributed by atoms with E-state index in [4.69, 9.17) is 0 Å². The van der Waals surface area contributed by atoms with Gasteiger partial charge in [0, 0.05) is 43.3 Å². The second-order valence-corrected chi connectivity index (χ2v) is 6.15. The summed E-state index contributed by atoms with van der Waals surface area (Å²) in [4.78, 5) is 6.74. The van der Waals surface area contributed by atoms with Crippen molar-refractivity contribution in [2.24, 2.45) is 5.41 Å². The Bertz CT molecular complexity index is 380. The maximum absolute atomic E-state index is 4.40. The van der Waals surface area contributed by atoms with Gasteiger partial charge < -0.3 is 10.2 Å². The molecule has 1 aromatic rings. The number of rotatable bonds is 5. The molecular formula is C15H27N3. The van der Waals surface area contributed by atoms with Gasteiger partial charge in [-0.2, -0.15) is 0 Å². The Balaban J connectivity index is 2.93. The van der Waals surface area contributed by atoms with Crippen molar-refractivity contribution in [2.75, 3.05) is 25.0 Å². The molecule has 1 N–H and O–H groups in total. The van der Waals surface area contributed by atoms with Gasteiger partial charge in [0.2, 0.25) is 0 Å². The molecule has 1 aromatic heterocycles. The van der Waals surface area contributed by atoms with Crippen LogP contribution in [0.3, 0.4) is 0 Å². The molecule has 0 unspecified atom stereocenters. The van der Waals surface area contributed by atoms with Gasteiger partial charge in [-0.25, -0.2) is 0 Å². The number of aromatic nitrogens is 1. The number of nitrogens with zero attached hydrogens (tertiary/aromatic N) is 2. The van der Waals surface area contributed by atoms with Crippen LogP contribution in [0.15, 0.2) is 12.3 Å². The zero-order valence-electron chi connectivity index (χ0n) is 12.7. The quantitative estimate of drug-likeness (QED) is 0.869. The number of pyridine rings is 1. The molecule has 1 heterocycles. The predicted molar refractivity (Wildman–Crippen MR) is 79.1 cm³/mol. The molecule has 0 fully saturated rings. The van der Waals surface area contributed by atoms with E-state index in [1.165, 1.54) is 11.3 Å². The van der Waals surface area contributed by atoms with Crippen molar-refractivity contribution in [1.29, 1.82) is 0 Å². The minimum Gasteiger partial charge on any atom is -0.374 e. The summed E-state index contributed by atoms with van der Waals surface area (Å²) in [6.07, 6.45) is 1.99. The van der Waals surface area contributed by atoms with Gasteiger partial charge in [0.25, 0.3) is 0 Å². The Labute approximate surface area is 112 Å². The summed E-state index contributed by atoms with van der Waals surface area (Å²) in [7, 11) is 2.16. The molecule has 0 amide bonds. The van der Waals surface area contributed by atoms with E-state index >= 15 is 0 Å². The average Bonchev–Trinajstić information content (AvgIpc) is 2.25. The van der Waals surface area contributed by atoms with Crippen LogP contribution in [0.1, 0.15) is 39.0 Å². The summed E-state index contributed by atoms with van der Waals surface area (Å²) >= 11 is 0. The second kappa shape index (κ2) is 6.19. The van der Waals surface area contributed by atoms with Crippen molar-refractivity contribution in [2.45, 2.75) is 41.2 Å². The molecule has 18 heavy (non-hydrogen) atoms. The van der Waals surface area contributed by atoms with E-state index in [9.17, 15) is 0 Å². The van der Waals surface area contributed by atoms with E-state index in [-0.39, 0.29) is 0 Å². The highest BCUT2D eigenvalue weighted by molar-refractivity contribution is 5.53. The van der Waals surface area contributed by atoms with Gasteiger partial charge in [0.15, 0.2) is 0 Å². The van der Waals surface area contributed by atoms with Crippen LogP contribution in [-0.2, 0) is 6.54 Å². The predicted octanol–water partition coefficient (Wildman–Crippen LogP) is 2.98. The number of hydrogen-bond acceptors (Lipinski definition) is 3. The van der Waals surface area contributed by atoms with Crippen molar-refractivity contribution in [3.8, 4) is 0 Å². The van der Waals surface area contributed by atoms with Crippen LogP contribution in [-0.4, -0.2) is 25.1 Å². The third-order valence-corrected chi connectivity index (χ3v) is 2.79. The lowest BCUT2D eigenvalue weighted by atomic mass is 9.96. The average molecular weight is 249 g/mol. The van der Waals surface area contributed by atoms with Crippen LogP contribution in [0.25, 0.3) is 0 Å². The molecule has 0 atom stereocenters. The molecule has 1 rings (SSSR count). The summed E-state index contributed by atoms with van der Waals surface area (Å²) in [5.41, 5.74) is 3.93. The van der Waals surface area contributed by atoms with Gasteiger partial charge in [-0.15, -0.1) is 0 Å². The van der Waals surface area contributed by atoms with Crippen molar-refractivity contribution in [3.63, 3.8) is 0 Å². The van der Waals surface area contributed by atoms with Crippen molar-refractivity contribution >= 4 is 5.69 Å². The molecule has 0 aliphatic carbocycles. The largest absolute Gasteiger partial charge is 0.374 e. The Hall–Kier alpha value is -1.09. The monoisotopic (exact) mass is 249 g/mol. The van der Waals surface area contributed by atoms with E-state index in [0.29, 0.717) is 5.41 Å². The molecule has 0 saturated carbocycles. The highest BCUT2D eigenvalue weighted by Crippen LogP contribution is 2.24. The zero-order chi connectivity index (χ0) is 13.8. The highest BCUT2D eigenvalue weighted by atomic mass is 15.1. The lowest BCUT2D eigenvalue weighted by Crippen LogP contribution is -2.30. The number of nitrogens with one attached hydrogen (secondary N) is 1. The van der Waals surface area contributed by atoms with Gasteiger partial charge in [0.1, 0.15) is 0 Å². The standard InChI is InChI=1S/C15H27N3/c1-7-16-9-13-10-17-12(2)8-14(13)18(6)11-15(3,4)5/h8,10,16H,7,9,11H2,1-6H3. The van der Waals surface area contributed by atoms with Crippen LogP contribution in [0, 0.1) is 12.3 Å². The molecule has 0 aromatic carbocycles. The van der Waals surface area contributed by atoms with Crippen LogP contribution in [0.2, 0.25) is 0 Å². The summed E-state index contributed by atoms with van der Waals surface area (Å²) in [5, 5.41) is 3.38. The lowest BCUT2D eigenvalue weighted by Gasteiger charge is -2.30. The van der Waals surface area contributed by atoms with E-state index < -0.39 is 0 Å². The van der Waals surface area contributed by atoms with Gasteiger partial charge in [0.05, 0.1) is 0 Å². The first-order chi connectivity index (χ1) is 8.33. The molecule has 0 bridgehead atoms. The second-order valence-electron chi connectivity index (χ2n) is 6.15. The molecule has 0 radical (unpaired) electrons. The molecular weight excluding hydrogens is 222 g/mol. The molecule has 3 heteroatoms. The Morgan fingerprint density at radius 1 is 1.33 bits per heavy atom. The fourth-order valence-electron chi connectivity index (χ4n) is 2.12. The Morgan fingerprint density at radius 2 is 2.00 bits per heavy atom. The highest BCUT2D eigenvalue weighted by Gasteiger charge is 2.16. The molecule has 0 saturated heterocycles. The molecule has 0 aliphatic rings. The molecule has 0 aliphatic heterocycles. The van der Waals surface area contributed by atoms with E-state index in [1.54, 1.807) is 0 Å². The van der Waals surface area contributed by atoms with Crippen LogP contribution >= 0.6 is 0 Å². The smallest absolute Gasteiger partial charge is 0.0443 e. The minimum absolute atomic E-state index is 0.293. The SMILES string of the molecule is CCNCc1cnc(C)cc1N(C)CC(C)(C)C. The lowest BCUT2D eigenvalue weighted by molar-refractivity contribution is 0.418. The van der Waals surface area contributed by atoms with Crippen LogP contribution in [0.5, 0.6) is 0 Å². The Morgan fingerprint density at radius 3 is 2.56 bits per heavy atom. The molecule has 102 valence electrons. The molecule has 0 spiro atoms. The third kappa shape index (κ3) is 4.65. The van der Waals surface area contributed by atoms with Crippen molar-refractivity contribution < 1.29 is 0 Å². The van der Waals surface area contributed by atoms with Gasteiger partial charge >= 0.3 is 0 Å². The summed E-state index contributed by atoms with van der Waals surface area (Å²) in [6.45, 7) is 13.9. The van der Waals surface area contributed by atoms with Crippen molar-refractivity contribution in [1.82, 2.24) is 10.3 Å². The Kier molecular flexibility index (Phi) is 5.15. The zero-order valence-corrected chi connectivity index (χ0v) is 12.7. The van der Waals surface area contributed by atoms with Crippen molar-refractivity contribution in [3.05, 3.63) is 23.5 Å².